The second-order valence-corrected chi connectivity index (χ2v) is 7.78. The Morgan fingerprint density at radius 2 is 1.82 bits per heavy atom. The third-order valence-electron chi connectivity index (χ3n) is 3.61. The molecule has 7 heteroatoms. The number of carbonyl (C=O) groups excluding carboxylic acids is 2. The minimum atomic E-state index is 0.00209. The number of rotatable bonds is 3. The minimum absolute atomic E-state index is 0.00209. The van der Waals surface area contributed by atoms with Crippen LogP contribution in [-0.4, -0.2) is 47.8 Å². The number of thiophene rings is 2. The van der Waals surface area contributed by atoms with Gasteiger partial charge in [-0.25, -0.2) is 0 Å². The lowest BCUT2D eigenvalue weighted by Gasteiger charge is -2.34. The molecule has 0 aliphatic carbocycles. The summed E-state index contributed by atoms with van der Waals surface area (Å²) in [6.45, 7) is 2.33. The van der Waals surface area contributed by atoms with Gasteiger partial charge in [-0.3, -0.25) is 9.59 Å². The zero-order valence-corrected chi connectivity index (χ0v) is 14.2. The third-order valence-corrected chi connectivity index (χ3v) is 5.70. The van der Waals surface area contributed by atoms with Crippen LogP contribution in [-0.2, 0) is 11.2 Å². The van der Waals surface area contributed by atoms with Gasteiger partial charge in [0.2, 0.25) is 5.91 Å². The van der Waals surface area contributed by atoms with Crippen molar-refractivity contribution in [1.82, 2.24) is 9.80 Å². The first-order valence-corrected chi connectivity index (χ1v) is 9.05. The van der Waals surface area contributed by atoms with Gasteiger partial charge >= 0.3 is 0 Å². The Morgan fingerprint density at radius 3 is 2.41 bits per heavy atom. The van der Waals surface area contributed by atoms with E-state index < -0.39 is 0 Å². The van der Waals surface area contributed by atoms with Crippen molar-refractivity contribution in [3.05, 3.63) is 43.7 Å². The van der Waals surface area contributed by atoms with Crippen LogP contribution in [0.2, 0.25) is 4.34 Å². The van der Waals surface area contributed by atoms with Crippen LogP contribution in [0.15, 0.2) is 29.6 Å². The molecule has 1 fully saturated rings. The SMILES string of the molecule is O=C(Cc1cccs1)N1CCN(C(=O)c2ccc(Cl)s2)CC1. The average Bonchev–Trinajstić information content (AvgIpc) is 3.18. The lowest BCUT2D eigenvalue weighted by Crippen LogP contribution is -2.50. The summed E-state index contributed by atoms with van der Waals surface area (Å²) >= 11 is 8.76. The molecule has 1 aliphatic heterocycles. The molecular weight excluding hydrogens is 340 g/mol. The van der Waals surface area contributed by atoms with Gasteiger partial charge in [-0.05, 0) is 23.6 Å². The highest BCUT2D eigenvalue weighted by molar-refractivity contribution is 7.18. The number of hydrogen-bond acceptors (Lipinski definition) is 4. The zero-order valence-electron chi connectivity index (χ0n) is 11.8. The number of carbonyl (C=O) groups is 2. The molecule has 3 rings (SSSR count). The van der Waals surface area contributed by atoms with Gasteiger partial charge in [0, 0.05) is 31.1 Å². The summed E-state index contributed by atoms with van der Waals surface area (Å²) in [7, 11) is 0. The topological polar surface area (TPSA) is 40.6 Å². The third kappa shape index (κ3) is 3.51. The molecule has 3 heterocycles. The Hall–Kier alpha value is -1.37. The fourth-order valence-electron chi connectivity index (χ4n) is 2.42. The largest absolute Gasteiger partial charge is 0.339 e. The van der Waals surface area contributed by atoms with Gasteiger partial charge in [-0.1, -0.05) is 17.7 Å². The summed E-state index contributed by atoms with van der Waals surface area (Å²) in [4.78, 5) is 29.9. The summed E-state index contributed by atoms with van der Waals surface area (Å²) in [5, 5.41) is 1.98. The number of hydrogen-bond donors (Lipinski definition) is 0. The molecule has 0 N–H and O–H groups in total. The van der Waals surface area contributed by atoms with Crippen molar-refractivity contribution >= 4 is 46.1 Å². The van der Waals surface area contributed by atoms with Crippen molar-refractivity contribution in [3.8, 4) is 0 Å². The molecule has 22 heavy (non-hydrogen) atoms. The standard InChI is InChI=1S/C15H15ClN2O2S2/c16-13-4-3-12(22-13)15(20)18-7-5-17(6-8-18)14(19)10-11-2-1-9-21-11/h1-4,9H,5-8,10H2. The average molecular weight is 355 g/mol. The van der Waals surface area contributed by atoms with Crippen molar-refractivity contribution in [2.75, 3.05) is 26.2 Å². The van der Waals surface area contributed by atoms with Crippen LogP contribution in [0.25, 0.3) is 0 Å². The highest BCUT2D eigenvalue weighted by Gasteiger charge is 2.25. The van der Waals surface area contributed by atoms with Crippen LogP contribution in [0.1, 0.15) is 14.5 Å². The molecule has 0 saturated carbocycles. The molecule has 2 aromatic heterocycles. The number of halogens is 1. The van der Waals surface area contributed by atoms with Crippen LogP contribution in [0.5, 0.6) is 0 Å². The fraction of sp³-hybridized carbons (Fsp3) is 0.333. The Balaban J connectivity index is 1.54. The molecule has 116 valence electrons. The lowest BCUT2D eigenvalue weighted by atomic mass is 10.2. The Morgan fingerprint density at radius 1 is 1.09 bits per heavy atom. The summed E-state index contributed by atoms with van der Waals surface area (Å²) in [5.74, 6) is 0.135. The first kappa shape index (κ1) is 15.5. The quantitative estimate of drug-likeness (QED) is 0.850. The molecule has 1 saturated heterocycles. The zero-order chi connectivity index (χ0) is 15.5. The van der Waals surface area contributed by atoms with E-state index in [4.69, 9.17) is 11.6 Å². The smallest absolute Gasteiger partial charge is 0.264 e. The second-order valence-electron chi connectivity index (χ2n) is 5.03. The fourth-order valence-corrected chi connectivity index (χ4v) is 4.12. The summed E-state index contributed by atoms with van der Waals surface area (Å²) in [6.07, 6.45) is 0.451. The van der Waals surface area contributed by atoms with Crippen molar-refractivity contribution in [2.24, 2.45) is 0 Å². The number of piperazine rings is 1. The Kier molecular flexibility index (Phi) is 4.81. The maximum absolute atomic E-state index is 12.3. The molecule has 4 nitrogen and oxygen atoms in total. The summed E-state index contributed by atoms with van der Waals surface area (Å²) < 4.78 is 0.619. The lowest BCUT2D eigenvalue weighted by molar-refractivity contribution is -0.131. The molecule has 0 radical (unpaired) electrons. The summed E-state index contributed by atoms with van der Waals surface area (Å²) in [6, 6.07) is 7.42. The van der Waals surface area contributed by atoms with Gasteiger partial charge in [0.1, 0.15) is 0 Å². The van der Waals surface area contributed by atoms with E-state index in [2.05, 4.69) is 0 Å². The second kappa shape index (κ2) is 6.81. The van der Waals surface area contributed by atoms with Crippen LogP contribution < -0.4 is 0 Å². The van der Waals surface area contributed by atoms with Crippen molar-refractivity contribution in [1.29, 1.82) is 0 Å². The van der Waals surface area contributed by atoms with E-state index in [0.717, 1.165) is 4.88 Å². The van der Waals surface area contributed by atoms with Gasteiger partial charge in [-0.2, -0.15) is 0 Å². The molecule has 0 aromatic carbocycles. The molecule has 2 amide bonds. The van der Waals surface area contributed by atoms with E-state index in [9.17, 15) is 9.59 Å². The van der Waals surface area contributed by atoms with E-state index in [0.29, 0.717) is 41.8 Å². The van der Waals surface area contributed by atoms with Gasteiger partial charge in [0.15, 0.2) is 0 Å². The molecule has 0 atom stereocenters. The van der Waals surface area contributed by atoms with E-state index >= 15 is 0 Å². The van der Waals surface area contributed by atoms with Gasteiger partial charge in [-0.15, -0.1) is 22.7 Å². The van der Waals surface area contributed by atoms with Crippen molar-refractivity contribution < 1.29 is 9.59 Å². The maximum atomic E-state index is 12.3. The number of amides is 2. The normalized spacial score (nSPS) is 15.1. The predicted octanol–water partition coefficient (Wildman–Crippen LogP) is 2.99. The van der Waals surface area contributed by atoms with Crippen LogP contribution >= 0.6 is 34.3 Å². The predicted molar refractivity (Wildman–Crippen MR) is 89.8 cm³/mol. The Bertz CT molecular complexity index is 661. The molecule has 1 aliphatic rings. The van der Waals surface area contributed by atoms with E-state index in [-0.39, 0.29) is 11.8 Å². The van der Waals surface area contributed by atoms with E-state index in [1.165, 1.54) is 11.3 Å². The minimum Gasteiger partial charge on any atom is -0.339 e. The van der Waals surface area contributed by atoms with Crippen LogP contribution in [0.3, 0.4) is 0 Å². The maximum Gasteiger partial charge on any atom is 0.264 e. The highest BCUT2D eigenvalue weighted by atomic mass is 35.5. The van der Waals surface area contributed by atoms with Gasteiger partial charge < -0.3 is 9.80 Å². The monoisotopic (exact) mass is 354 g/mol. The molecule has 0 spiro atoms. The van der Waals surface area contributed by atoms with Crippen LogP contribution in [0.4, 0.5) is 0 Å². The molecule has 0 unspecified atom stereocenters. The molecular formula is C15H15ClN2O2S2. The number of nitrogens with zero attached hydrogens (tertiary/aromatic N) is 2. The molecule has 2 aromatic rings. The van der Waals surface area contributed by atoms with E-state index in [1.54, 1.807) is 28.4 Å². The first-order valence-electron chi connectivity index (χ1n) is 6.98. The van der Waals surface area contributed by atoms with Gasteiger partial charge in [0.05, 0.1) is 15.6 Å². The van der Waals surface area contributed by atoms with Crippen molar-refractivity contribution in [2.45, 2.75) is 6.42 Å². The Labute approximate surface area is 141 Å². The summed E-state index contributed by atoms with van der Waals surface area (Å²) in [5.41, 5.74) is 0. The van der Waals surface area contributed by atoms with Crippen molar-refractivity contribution in [3.63, 3.8) is 0 Å². The first-order chi connectivity index (χ1) is 10.6. The van der Waals surface area contributed by atoms with E-state index in [1.807, 2.05) is 22.4 Å². The van der Waals surface area contributed by atoms with Crippen LogP contribution in [0, 0.1) is 0 Å². The molecule has 0 bridgehead atoms. The highest BCUT2D eigenvalue weighted by Crippen LogP contribution is 2.23. The van der Waals surface area contributed by atoms with Gasteiger partial charge in [0.25, 0.3) is 5.91 Å².